The van der Waals surface area contributed by atoms with Crippen LogP contribution in [-0.4, -0.2) is 15.9 Å². The number of benzene rings is 2. The van der Waals surface area contributed by atoms with Crippen LogP contribution in [0, 0.1) is 0 Å². The minimum absolute atomic E-state index is 0.230. The summed E-state index contributed by atoms with van der Waals surface area (Å²) in [5.74, 6) is 0. The lowest BCUT2D eigenvalue weighted by molar-refractivity contribution is 0.259. The predicted molar refractivity (Wildman–Crippen MR) is 103 cm³/mol. The van der Waals surface area contributed by atoms with E-state index in [2.05, 4.69) is 21.9 Å². The number of carbonyl (C=O) groups is 1. The van der Waals surface area contributed by atoms with Crippen LogP contribution in [-0.2, 0) is 25.7 Å². The van der Waals surface area contributed by atoms with Gasteiger partial charge in [0.2, 0.25) is 0 Å². The Balaban J connectivity index is 1.46. The van der Waals surface area contributed by atoms with E-state index in [0.29, 0.717) is 0 Å². The summed E-state index contributed by atoms with van der Waals surface area (Å²) in [5.41, 5.74) is 10.4. The van der Waals surface area contributed by atoms with Crippen molar-refractivity contribution in [3.05, 3.63) is 58.8 Å². The van der Waals surface area contributed by atoms with Gasteiger partial charge in [0.15, 0.2) is 0 Å². The second-order valence-corrected chi connectivity index (χ2v) is 7.27. The van der Waals surface area contributed by atoms with Gasteiger partial charge in [-0.05, 0) is 73.3 Å². The molecule has 3 aromatic rings. The molecular weight excluding hydrogens is 324 g/mol. The number of amides is 2. The first kappa shape index (κ1) is 15.4. The van der Waals surface area contributed by atoms with Crippen molar-refractivity contribution < 1.29 is 4.79 Å². The third kappa shape index (κ3) is 2.55. The first-order valence-corrected chi connectivity index (χ1v) is 9.47. The number of aryl methyl sites for hydroxylation is 2. The van der Waals surface area contributed by atoms with Crippen molar-refractivity contribution in [2.75, 3.05) is 10.7 Å². The number of fused-ring (bicyclic) bond motifs is 3. The molecule has 1 aromatic heterocycles. The van der Waals surface area contributed by atoms with Gasteiger partial charge >= 0.3 is 6.03 Å². The van der Waals surface area contributed by atoms with E-state index < -0.39 is 0 Å². The number of nitrogens with one attached hydrogen (secondary N) is 2. The SMILES string of the molecule is O=C(Nc1c2c(cc3c1CCC3)CCCC2)Nn1ncc2ccccc21. The number of hydrogen-bond donors (Lipinski definition) is 2. The van der Waals surface area contributed by atoms with E-state index in [9.17, 15) is 4.79 Å². The molecule has 2 aliphatic rings. The van der Waals surface area contributed by atoms with Gasteiger partial charge in [0.1, 0.15) is 0 Å². The quantitative estimate of drug-likeness (QED) is 0.731. The zero-order chi connectivity index (χ0) is 17.5. The molecule has 132 valence electrons. The van der Waals surface area contributed by atoms with E-state index in [1.165, 1.54) is 41.5 Å². The molecule has 0 saturated carbocycles. The van der Waals surface area contributed by atoms with E-state index in [1.54, 1.807) is 11.0 Å². The molecule has 26 heavy (non-hydrogen) atoms. The molecule has 0 aliphatic heterocycles. The zero-order valence-electron chi connectivity index (χ0n) is 14.7. The molecule has 0 spiro atoms. The van der Waals surface area contributed by atoms with Gasteiger partial charge < -0.3 is 5.32 Å². The van der Waals surface area contributed by atoms with Crippen molar-refractivity contribution in [1.29, 1.82) is 0 Å². The van der Waals surface area contributed by atoms with E-state index in [0.717, 1.165) is 42.3 Å². The van der Waals surface area contributed by atoms with Gasteiger partial charge in [0.25, 0.3) is 0 Å². The Labute approximate surface area is 152 Å². The van der Waals surface area contributed by atoms with Crippen molar-refractivity contribution in [2.45, 2.75) is 44.9 Å². The molecule has 0 saturated heterocycles. The van der Waals surface area contributed by atoms with Crippen LogP contribution in [0.25, 0.3) is 10.9 Å². The number of anilines is 1. The van der Waals surface area contributed by atoms with Crippen LogP contribution in [0.2, 0.25) is 0 Å². The molecule has 2 aromatic carbocycles. The van der Waals surface area contributed by atoms with Crippen LogP contribution in [0.1, 0.15) is 41.5 Å². The highest BCUT2D eigenvalue weighted by Crippen LogP contribution is 2.37. The molecule has 5 rings (SSSR count). The molecule has 0 atom stereocenters. The maximum atomic E-state index is 12.7. The van der Waals surface area contributed by atoms with Gasteiger partial charge in [-0.15, -0.1) is 0 Å². The average molecular weight is 346 g/mol. The van der Waals surface area contributed by atoms with E-state index >= 15 is 0 Å². The molecule has 1 heterocycles. The Morgan fingerprint density at radius 2 is 1.69 bits per heavy atom. The Morgan fingerprint density at radius 1 is 0.962 bits per heavy atom. The second kappa shape index (κ2) is 6.16. The predicted octanol–water partition coefficient (Wildman–Crippen LogP) is 4.18. The van der Waals surface area contributed by atoms with E-state index in [4.69, 9.17) is 0 Å². The average Bonchev–Trinajstić information content (AvgIpc) is 3.29. The summed E-state index contributed by atoms with van der Waals surface area (Å²) in [7, 11) is 0. The summed E-state index contributed by atoms with van der Waals surface area (Å²) < 4.78 is 0. The Morgan fingerprint density at radius 3 is 2.58 bits per heavy atom. The normalized spacial score (nSPS) is 15.5. The number of hydrogen-bond acceptors (Lipinski definition) is 2. The van der Waals surface area contributed by atoms with Gasteiger partial charge in [0, 0.05) is 11.1 Å². The maximum Gasteiger partial charge on any atom is 0.339 e. The number of rotatable bonds is 2. The minimum Gasteiger partial charge on any atom is -0.306 e. The molecule has 0 unspecified atom stereocenters. The summed E-state index contributed by atoms with van der Waals surface area (Å²) in [6.45, 7) is 0. The summed E-state index contributed by atoms with van der Waals surface area (Å²) in [6.07, 6.45) is 9.76. The molecule has 2 N–H and O–H groups in total. The monoisotopic (exact) mass is 346 g/mol. The lowest BCUT2D eigenvalue weighted by Gasteiger charge is -2.23. The number of urea groups is 1. The van der Waals surface area contributed by atoms with Crippen LogP contribution >= 0.6 is 0 Å². The third-order valence-electron chi connectivity index (χ3n) is 5.65. The molecule has 5 heteroatoms. The fourth-order valence-electron chi connectivity index (χ4n) is 4.43. The Kier molecular flexibility index (Phi) is 3.66. The van der Waals surface area contributed by atoms with Gasteiger partial charge in [-0.2, -0.15) is 9.89 Å². The van der Waals surface area contributed by atoms with Crippen molar-refractivity contribution in [3.8, 4) is 0 Å². The van der Waals surface area contributed by atoms with Gasteiger partial charge in [-0.25, -0.2) is 10.2 Å². The molecule has 5 nitrogen and oxygen atoms in total. The highest BCUT2D eigenvalue weighted by molar-refractivity contribution is 5.97. The Hall–Kier alpha value is -2.82. The lowest BCUT2D eigenvalue weighted by Crippen LogP contribution is -2.29. The molecule has 2 aliphatic carbocycles. The molecule has 0 fully saturated rings. The summed E-state index contributed by atoms with van der Waals surface area (Å²) in [4.78, 5) is 14.3. The van der Waals surface area contributed by atoms with Crippen molar-refractivity contribution >= 4 is 22.6 Å². The number of carbonyl (C=O) groups excluding carboxylic acids is 1. The molecular formula is C21H22N4O. The highest BCUT2D eigenvalue weighted by atomic mass is 16.2. The van der Waals surface area contributed by atoms with Gasteiger partial charge in [-0.3, -0.25) is 0 Å². The third-order valence-corrected chi connectivity index (χ3v) is 5.65. The first-order chi connectivity index (χ1) is 12.8. The van der Waals surface area contributed by atoms with Gasteiger partial charge in [0.05, 0.1) is 11.7 Å². The van der Waals surface area contributed by atoms with E-state index in [-0.39, 0.29) is 6.03 Å². The molecule has 0 bridgehead atoms. The van der Waals surface area contributed by atoms with Crippen LogP contribution in [0.5, 0.6) is 0 Å². The van der Waals surface area contributed by atoms with Crippen molar-refractivity contribution in [2.24, 2.45) is 0 Å². The van der Waals surface area contributed by atoms with Crippen LogP contribution in [0.4, 0.5) is 10.5 Å². The second-order valence-electron chi connectivity index (χ2n) is 7.27. The largest absolute Gasteiger partial charge is 0.339 e. The van der Waals surface area contributed by atoms with Crippen molar-refractivity contribution in [1.82, 2.24) is 9.89 Å². The van der Waals surface area contributed by atoms with Crippen LogP contribution < -0.4 is 10.7 Å². The lowest BCUT2D eigenvalue weighted by atomic mass is 9.87. The first-order valence-electron chi connectivity index (χ1n) is 9.47. The topological polar surface area (TPSA) is 59.0 Å². The fourth-order valence-corrected chi connectivity index (χ4v) is 4.43. The maximum absolute atomic E-state index is 12.7. The number of para-hydroxylation sites is 1. The van der Waals surface area contributed by atoms with Crippen LogP contribution in [0.3, 0.4) is 0 Å². The summed E-state index contributed by atoms with van der Waals surface area (Å²) >= 11 is 0. The fraction of sp³-hybridized carbons (Fsp3) is 0.333. The standard InChI is InChI=1S/C21H22N4O/c26-21(24-25-19-11-4-2-7-16(19)13-22-25)23-20-17-9-3-1-6-14(17)12-15-8-5-10-18(15)20/h2,4,7,11-13H,1,3,5-6,8-10H2,(H2,23,24,26). The number of aromatic nitrogens is 2. The van der Waals surface area contributed by atoms with E-state index in [1.807, 2.05) is 24.3 Å². The molecule has 0 radical (unpaired) electrons. The summed E-state index contributed by atoms with van der Waals surface area (Å²) in [6, 6.07) is 10.0. The summed E-state index contributed by atoms with van der Waals surface area (Å²) in [5, 5.41) is 8.45. The highest BCUT2D eigenvalue weighted by Gasteiger charge is 2.24. The Bertz CT molecular complexity index is 1000. The minimum atomic E-state index is -0.230. The van der Waals surface area contributed by atoms with Crippen LogP contribution in [0.15, 0.2) is 36.5 Å². The zero-order valence-corrected chi connectivity index (χ0v) is 14.7. The van der Waals surface area contributed by atoms with Gasteiger partial charge in [-0.1, -0.05) is 24.3 Å². The number of nitrogens with zero attached hydrogens (tertiary/aromatic N) is 2. The molecule has 2 amide bonds. The van der Waals surface area contributed by atoms with Crippen molar-refractivity contribution in [3.63, 3.8) is 0 Å². The smallest absolute Gasteiger partial charge is 0.306 e.